The van der Waals surface area contributed by atoms with E-state index >= 15 is 0 Å². The predicted molar refractivity (Wildman–Crippen MR) is 90.4 cm³/mol. The number of rotatable bonds is 8. The van der Waals surface area contributed by atoms with Crippen molar-refractivity contribution >= 4 is 17.8 Å². The third-order valence-electron chi connectivity index (χ3n) is 4.26. The predicted octanol–water partition coefficient (Wildman–Crippen LogP) is 1.45. The summed E-state index contributed by atoms with van der Waals surface area (Å²) >= 11 is 0. The molecule has 2 heterocycles. The highest BCUT2D eigenvalue weighted by Gasteiger charge is 2.21. The number of nitrogens with two attached hydrogens (primary N) is 1. The molecule has 1 aliphatic rings. The molecule has 2 rings (SSSR count). The lowest BCUT2D eigenvalue weighted by atomic mass is 9.92. The normalized spacial score (nSPS) is 15.3. The van der Waals surface area contributed by atoms with Crippen molar-refractivity contribution < 1.29 is 14.3 Å². The summed E-state index contributed by atoms with van der Waals surface area (Å²) in [6.07, 6.45) is 9.04. The molecule has 0 atom stereocenters. The second-order valence-electron chi connectivity index (χ2n) is 6.24. The number of ether oxygens (including phenoxy) is 1. The highest BCUT2D eigenvalue weighted by molar-refractivity contribution is 5.78. The Morgan fingerprint density at radius 3 is 2.54 bits per heavy atom. The minimum Gasteiger partial charge on any atom is -0.456 e. The fourth-order valence-corrected chi connectivity index (χ4v) is 2.90. The Bertz CT molecular complexity index is 539. The summed E-state index contributed by atoms with van der Waals surface area (Å²) in [5.41, 5.74) is 6.11. The zero-order valence-corrected chi connectivity index (χ0v) is 14.2. The van der Waals surface area contributed by atoms with Gasteiger partial charge in [0.25, 0.3) is 5.91 Å². The summed E-state index contributed by atoms with van der Waals surface area (Å²) in [6.45, 7) is 3.60. The van der Waals surface area contributed by atoms with Crippen LogP contribution in [0, 0.1) is 5.92 Å². The lowest BCUT2D eigenvalue weighted by Gasteiger charge is -2.31. The molecule has 1 aliphatic heterocycles. The van der Waals surface area contributed by atoms with Gasteiger partial charge in [0.1, 0.15) is 0 Å². The molecule has 7 nitrogen and oxygen atoms in total. The number of hydrogen-bond donors (Lipinski definition) is 1. The van der Waals surface area contributed by atoms with Gasteiger partial charge in [-0.3, -0.25) is 9.59 Å². The molecule has 2 N–H and O–H groups in total. The van der Waals surface area contributed by atoms with Crippen LogP contribution in [0.3, 0.4) is 0 Å². The summed E-state index contributed by atoms with van der Waals surface area (Å²) < 4.78 is 4.77. The minimum absolute atomic E-state index is 0.331. The summed E-state index contributed by atoms with van der Waals surface area (Å²) in [5, 5.41) is 0. The third kappa shape index (κ3) is 5.79. The van der Waals surface area contributed by atoms with Gasteiger partial charge in [-0.25, -0.2) is 9.97 Å². The van der Waals surface area contributed by atoms with E-state index in [0.29, 0.717) is 12.3 Å². The quantitative estimate of drug-likeness (QED) is 0.723. The van der Waals surface area contributed by atoms with Crippen LogP contribution in [0.1, 0.15) is 44.6 Å². The number of anilines is 1. The molecule has 1 aromatic heterocycles. The highest BCUT2D eigenvalue weighted by atomic mass is 16.5. The van der Waals surface area contributed by atoms with Crippen LogP contribution in [-0.4, -0.2) is 41.5 Å². The van der Waals surface area contributed by atoms with E-state index in [1.54, 1.807) is 0 Å². The number of aryl methyl sites for hydroxylation is 1. The van der Waals surface area contributed by atoms with Crippen LogP contribution < -0.4 is 10.6 Å². The lowest BCUT2D eigenvalue weighted by Crippen LogP contribution is -2.35. The fraction of sp³-hybridized carbons (Fsp3) is 0.647. The molecular formula is C17H26N4O3. The average molecular weight is 334 g/mol. The van der Waals surface area contributed by atoms with Gasteiger partial charge in [-0.2, -0.15) is 0 Å². The average Bonchev–Trinajstić information content (AvgIpc) is 2.59. The third-order valence-corrected chi connectivity index (χ3v) is 4.26. The summed E-state index contributed by atoms with van der Waals surface area (Å²) in [4.78, 5) is 33.2. The lowest BCUT2D eigenvalue weighted by molar-refractivity contribution is -0.148. The van der Waals surface area contributed by atoms with E-state index in [4.69, 9.17) is 10.5 Å². The zero-order chi connectivity index (χ0) is 17.4. The Balaban J connectivity index is 1.71. The van der Waals surface area contributed by atoms with Gasteiger partial charge in [0.2, 0.25) is 5.95 Å². The monoisotopic (exact) mass is 334 g/mol. The molecular weight excluding hydrogens is 308 g/mol. The molecule has 1 aromatic rings. The number of aromatic nitrogens is 2. The maximum atomic E-state index is 11.5. The van der Waals surface area contributed by atoms with Gasteiger partial charge in [0.05, 0.1) is 0 Å². The van der Waals surface area contributed by atoms with E-state index < -0.39 is 5.91 Å². The molecule has 0 aliphatic carbocycles. The number of nitrogens with zero attached hydrogens (tertiary/aromatic N) is 3. The smallest absolute Gasteiger partial charge is 0.306 e. The van der Waals surface area contributed by atoms with Crippen LogP contribution in [0.4, 0.5) is 5.95 Å². The second-order valence-corrected chi connectivity index (χ2v) is 6.24. The van der Waals surface area contributed by atoms with E-state index in [1.807, 2.05) is 12.4 Å². The molecule has 0 spiro atoms. The van der Waals surface area contributed by atoms with Gasteiger partial charge >= 0.3 is 5.97 Å². The van der Waals surface area contributed by atoms with Crippen molar-refractivity contribution in [3.63, 3.8) is 0 Å². The van der Waals surface area contributed by atoms with Gasteiger partial charge in [-0.15, -0.1) is 0 Å². The van der Waals surface area contributed by atoms with Gasteiger partial charge < -0.3 is 15.4 Å². The van der Waals surface area contributed by atoms with E-state index in [0.717, 1.165) is 51.1 Å². The van der Waals surface area contributed by atoms with Gasteiger partial charge in [-0.05, 0) is 37.2 Å². The topological polar surface area (TPSA) is 98.4 Å². The molecule has 0 bridgehead atoms. The number of primary amides is 1. The first-order valence-electron chi connectivity index (χ1n) is 8.58. The Hall–Kier alpha value is -2.18. The maximum absolute atomic E-state index is 11.5. The van der Waals surface area contributed by atoms with Crippen LogP contribution in [0.2, 0.25) is 0 Å². The second kappa shape index (κ2) is 9.20. The summed E-state index contributed by atoms with van der Waals surface area (Å²) in [7, 11) is 0. The molecule has 24 heavy (non-hydrogen) atoms. The minimum atomic E-state index is -0.624. The van der Waals surface area contributed by atoms with Crippen molar-refractivity contribution in [2.45, 2.75) is 45.4 Å². The van der Waals surface area contributed by atoms with E-state index in [-0.39, 0.29) is 12.6 Å². The fourth-order valence-electron chi connectivity index (χ4n) is 2.90. The molecule has 0 aromatic carbocycles. The molecule has 0 unspecified atom stereocenters. The van der Waals surface area contributed by atoms with Gasteiger partial charge in [-0.1, -0.05) is 13.3 Å². The maximum Gasteiger partial charge on any atom is 0.306 e. The molecule has 1 saturated heterocycles. The zero-order valence-electron chi connectivity index (χ0n) is 14.2. The summed E-state index contributed by atoms with van der Waals surface area (Å²) in [5.74, 6) is 0.295. The van der Waals surface area contributed by atoms with Crippen molar-refractivity contribution in [1.82, 2.24) is 9.97 Å². The molecule has 132 valence electrons. The first-order chi connectivity index (χ1) is 11.6. The van der Waals surface area contributed by atoms with Crippen molar-refractivity contribution in [3.05, 3.63) is 18.0 Å². The first-order valence-corrected chi connectivity index (χ1v) is 8.58. The molecule has 0 radical (unpaired) electrons. The molecule has 0 saturated carbocycles. The van der Waals surface area contributed by atoms with Crippen molar-refractivity contribution in [2.75, 3.05) is 24.6 Å². The number of carbonyl (C=O) groups is 2. The van der Waals surface area contributed by atoms with Crippen LogP contribution >= 0.6 is 0 Å². The van der Waals surface area contributed by atoms with E-state index in [1.165, 1.54) is 5.56 Å². The first kappa shape index (κ1) is 18.2. The Labute approximate surface area is 142 Å². The Morgan fingerprint density at radius 2 is 1.96 bits per heavy atom. The van der Waals surface area contributed by atoms with Crippen molar-refractivity contribution in [1.29, 1.82) is 0 Å². The van der Waals surface area contributed by atoms with Crippen LogP contribution in [0.15, 0.2) is 12.4 Å². The van der Waals surface area contributed by atoms with Crippen LogP contribution in [0.25, 0.3) is 0 Å². The SMILES string of the molecule is CCCc1cnc(N2CCC(CCC(=O)OCC(N)=O)CC2)nc1. The molecule has 1 fully saturated rings. The van der Waals surface area contributed by atoms with Crippen molar-refractivity contribution in [2.24, 2.45) is 11.7 Å². The largest absolute Gasteiger partial charge is 0.456 e. The standard InChI is InChI=1S/C17H26N4O3/c1-2-3-14-10-19-17(20-11-14)21-8-6-13(7-9-21)4-5-16(23)24-12-15(18)22/h10-11,13H,2-9,12H2,1H3,(H2,18,22). The number of esters is 1. The number of carbonyl (C=O) groups excluding carboxylic acids is 2. The van der Waals surface area contributed by atoms with Gasteiger partial charge in [0, 0.05) is 31.9 Å². The highest BCUT2D eigenvalue weighted by Crippen LogP contribution is 2.24. The Morgan fingerprint density at radius 1 is 1.29 bits per heavy atom. The number of piperidine rings is 1. The van der Waals surface area contributed by atoms with Crippen molar-refractivity contribution in [3.8, 4) is 0 Å². The summed E-state index contributed by atoms with van der Waals surface area (Å²) in [6, 6.07) is 0. The molecule has 7 heteroatoms. The van der Waals surface area contributed by atoms with E-state index in [2.05, 4.69) is 21.8 Å². The van der Waals surface area contributed by atoms with E-state index in [9.17, 15) is 9.59 Å². The van der Waals surface area contributed by atoms with Crippen LogP contribution in [0.5, 0.6) is 0 Å². The molecule has 1 amide bonds. The Kier molecular flexibility index (Phi) is 6.96. The van der Waals surface area contributed by atoms with Crippen LogP contribution in [-0.2, 0) is 20.7 Å². The number of amides is 1. The van der Waals surface area contributed by atoms with Gasteiger partial charge in [0.15, 0.2) is 6.61 Å². The number of hydrogen-bond acceptors (Lipinski definition) is 6.